The molecule has 1 aromatic carbocycles. The molecule has 1 amide bonds. The number of aliphatic hydroxyl groups excluding tert-OH is 1. The molecule has 2 heterocycles. The molecule has 2 aromatic rings. The van der Waals surface area contributed by atoms with Crippen LogP contribution in [-0.2, 0) is 4.79 Å². The number of piperidine rings is 1. The van der Waals surface area contributed by atoms with E-state index < -0.39 is 6.10 Å². The van der Waals surface area contributed by atoms with Gasteiger partial charge in [-0.15, -0.1) is 0 Å². The van der Waals surface area contributed by atoms with E-state index in [9.17, 15) is 9.90 Å². The van der Waals surface area contributed by atoms with E-state index >= 15 is 0 Å². The average molecular weight is 315 g/mol. The van der Waals surface area contributed by atoms with Crippen LogP contribution in [0.2, 0.25) is 0 Å². The molecule has 1 atom stereocenters. The predicted molar refractivity (Wildman–Crippen MR) is 85.0 cm³/mol. The van der Waals surface area contributed by atoms with Gasteiger partial charge in [0, 0.05) is 25.5 Å². The second-order valence-corrected chi connectivity index (χ2v) is 5.72. The minimum Gasteiger partial charge on any atom is -0.497 e. The van der Waals surface area contributed by atoms with E-state index in [0.717, 1.165) is 12.8 Å². The molecule has 6 heteroatoms. The third-order valence-corrected chi connectivity index (χ3v) is 4.32. The van der Waals surface area contributed by atoms with Crippen molar-refractivity contribution in [3.63, 3.8) is 0 Å². The van der Waals surface area contributed by atoms with Crippen molar-refractivity contribution in [2.24, 2.45) is 0 Å². The van der Waals surface area contributed by atoms with E-state index in [0.29, 0.717) is 30.4 Å². The van der Waals surface area contributed by atoms with Crippen molar-refractivity contribution < 1.29 is 14.6 Å². The molecule has 1 unspecified atom stereocenters. The Labute approximate surface area is 135 Å². The fourth-order valence-electron chi connectivity index (χ4n) is 2.97. The van der Waals surface area contributed by atoms with Gasteiger partial charge in [0.05, 0.1) is 13.2 Å². The molecule has 1 aliphatic heterocycles. The molecule has 0 spiro atoms. The Morgan fingerprint density at radius 1 is 1.35 bits per heavy atom. The Kier molecular flexibility index (Phi) is 4.62. The summed E-state index contributed by atoms with van der Waals surface area (Å²) in [5.74, 6) is 0.379. The summed E-state index contributed by atoms with van der Waals surface area (Å²) >= 11 is 0. The van der Waals surface area contributed by atoms with Gasteiger partial charge >= 0.3 is 0 Å². The second-order valence-electron chi connectivity index (χ2n) is 5.72. The van der Waals surface area contributed by atoms with Crippen LogP contribution in [-0.4, -0.2) is 45.9 Å². The molecule has 3 rings (SSSR count). The van der Waals surface area contributed by atoms with Crippen LogP contribution in [0.4, 0.5) is 0 Å². The van der Waals surface area contributed by atoms with Gasteiger partial charge in [0.25, 0.3) is 5.91 Å². The quantitative estimate of drug-likeness (QED) is 0.934. The van der Waals surface area contributed by atoms with Gasteiger partial charge in [0.2, 0.25) is 0 Å². The first-order valence-electron chi connectivity index (χ1n) is 7.79. The van der Waals surface area contributed by atoms with E-state index in [1.165, 1.54) is 0 Å². The lowest BCUT2D eigenvalue weighted by Crippen LogP contribution is -2.41. The van der Waals surface area contributed by atoms with Gasteiger partial charge in [-0.2, -0.15) is 5.10 Å². The standard InChI is InChI=1S/C17H21N3O3/c1-23-15-5-2-4-13(12-15)16(21)17(22)19-10-6-14(7-11-19)20-9-3-8-18-20/h2-5,8-9,12,14,16,21H,6-7,10-11H2,1H3. The largest absolute Gasteiger partial charge is 0.497 e. The summed E-state index contributed by atoms with van der Waals surface area (Å²) in [6.45, 7) is 1.26. The number of hydrogen-bond acceptors (Lipinski definition) is 4. The molecule has 0 radical (unpaired) electrons. The van der Waals surface area contributed by atoms with Crippen LogP contribution in [0.1, 0.15) is 30.6 Å². The van der Waals surface area contributed by atoms with Crippen molar-refractivity contribution in [3.05, 3.63) is 48.3 Å². The molecular weight excluding hydrogens is 294 g/mol. The lowest BCUT2D eigenvalue weighted by molar-refractivity contribution is -0.141. The van der Waals surface area contributed by atoms with E-state index in [2.05, 4.69) is 5.10 Å². The van der Waals surface area contributed by atoms with Crippen molar-refractivity contribution in [2.45, 2.75) is 25.0 Å². The van der Waals surface area contributed by atoms with Crippen LogP contribution in [0.5, 0.6) is 5.75 Å². The van der Waals surface area contributed by atoms with Gasteiger partial charge in [-0.05, 0) is 36.6 Å². The predicted octanol–water partition coefficient (Wildman–Crippen LogP) is 1.79. The summed E-state index contributed by atoms with van der Waals surface area (Å²) in [7, 11) is 1.56. The monoisotopic (exact) mass is 315 g/mol. The highest BCUT2D eigenvalue weighted by Crippen LogP contribution is 2.25. The SMILES string of the molecule is COc1cccc(C(O)C(=O)N2CCC(n3cccn3)CC2)c1. The highest BCUT2D eigenvalue weighted by molar-refractivity contribution is 5.82. The number of likely N-dealkylation sites (tertiary alicyclic amines) is 1. The maximum atomic E-state index is 12.5. The summed E-state index contributed by atoms with van der Waals surface area (Å²) in [5, 5.41) is 14.6. The van der Waals surface area contributed by atoms with Gasteiger partial charge in [-0.1, -0.05) is 12.1 Å². The first-order valence-corrected chi connectivity index (χ1v) is 7.79. The van der Waals surface area contributed by atoms with Crippen molar-refractivity contribution in [1.29, 1.82) is 0 Å². The number of hydrogen-bond donors (Lipinski definition) is 1. The molecule has 0 bridgehead atoms. The van der Waals surface area contributed by atoms with Gasteiger partial charge in [-0.3, -0.25) is 9.48 Å². The third-order valence-electron chi connectivity index (χ3n) is 4.32. The summed E-state index contributed by atoms with van der Waals surface area (Å²) in [6.07, 6.45) is 4.26. The molecular formula is C17H21N3O3. The normalized spacial score (nSPS) is 17.0. The number of carbonyl (C=O) groups is 1. The molecule has 1 saturated heterocycles. The summed E-state index contributed by atoms with van der Waals surface area (Å²) in [6, 6.07) is 9.22. The number of rotatable bonds is 4. The van der Waals surface area contributed by atoms with Crippen molar-refractivity contribution in [3.8, 4) is 5.75 Å². The number of methoxy groups -OCH3 is 1. The summed E-state index contributed by atoms with van der Waals surface area (Å²) < 4.78 is 7.08. The van der Waals surface area contributed by atoms with E-state index in [-0.39, 0.29) is 5.91 Å². The Hall–Kier alpha value is -2.34. The maximum absolute atomic E-state index is 12.5. The van der Waals surface area contributed by atoms with Crippen LogP contribution < -0.4 is 4.74 Å². The summed E-state index contributed by atoms with van der Waals surface area (Å²) in [5.41, 5.74) is 0.559. The van der Waals surface area contributed by atoms with E-state index in [1.54, 1.807) is 42.5 Å². The molecule has 23 heavy (non-hydrogen) atoms. The maximum Gasteiger partial charge on any atom is 0.256 e. The van der Waals surface area contributed by atoms with Gasteiger partial charge in [0.1, 0.15) is 5.75 Å². The van der Waals surface area contributed by atoms with Crippen molar-refractivity contribution in [2.75, 3.05) is 20.2 Å². The number of nitrogens with zero attached hydrogens (tertiary/aromatic N) is 3. The van der Waals surface area contributed by atoms with E-state index in [4.69, 9.17) is 4.74 Å². The molecule has 0 saturated carbocycles. The number of benzene rings is 1. The zero-order valence-electron chi connectivity index (χ0n) is 13.1. The Morgan fingerprint density at radius 3 is 2.78 bits per heavy atom. The minimum atomic E-state index is -1.15. The van der Waals surface area contributed by atoms with Gasteiger partial charge < -0.3 is 14.7 Å². The topological polar surface area (TPSA) is 67.6 Å². The van der Waals surface area contributed by atoms with Crippen LogP contribution in [0.3, 0.4) is 0 Å². The molecule has 0 aliphatic carbocycles. The second kappa shape index (κ2) is 6.83. The zero-order chi connectivity index (χ0) is 16.2. The highest BCUT2D eigenvalue weighted by atomic mass is 16.5. The lowest BCUT2D eigenvalue weighted by Gasteiger charge is -2.33. The third kappa shape index (κ3) is 3.37. The number of aromatic nitrogens is 2. The lowest BCUT2D eigenvalue weighted by atomic mass is 10.0. The van der Waals surface area contributed by atoms with Crippen LogP contribution in [0.25, 0.3) is 0 Å². The first-order chi connectivity index (χ1) is 11.2. The highest BCUT2D eigenvalue weighted by Gasteiger charge is 2.28. The molecule has 6 nitrogen and oxygen atoms in total. The Bertz CT molecular complexity index is 649. The fraction of sp³-hybridized carbons (Fsp3) is 0.412. The molecule has 1 aliphatic rings. The number of amides is 1. The van der Waals surface area contributed by atoms with Crippen molar-refractivity contribution in [1.82, 2.24) is 14.7 Å². The van der Waals surface area contributed by atoms with Crippen molar-refractivity contribution >= 4 is 5.91 Å². The van der Waals surface area contributed by atoms with Crippen LogP contribution >= 0.6 is 0 Å². The van der Waals surface area contributed by atoms with Gasteiger partial charge in [0.15, 0.2) is 6.10 Å². The first kappa shape index (κ1) is 15.6. The molecule has 1 N–H and O–H groups in total. The number of carbonyl (C=O) groups excluding carboxylic acids is 1. The Balaban J connectivity index is 1.62. The minimum absolute atomic E-state index is 0.253. The Morgan fingerprint density at radius 2 is 2.13 bits per heavy atom. The molecule has 122 valence electrons. The fourth-order valence-corrected chi connectivity index (χ4v) is 2.97. The molecule has 1 aromatic heterocycles. The van der Waals surface area contributed by atoms with Crippen LogP contribution in [0.15, 0.2) is 42.7 Å². The smallest absolute Gasteiger partial charge is 0.256 e. The van der Waals surface area contributed by atoms with Crippen LogP contribution in [0, 0.1) is 0 Å². The van der Waals surface area contributed by atoms with E-state index in [1.807, 2.05) is 16.9 Å². The molecule has 1 fully saturated rings. The van der Waals surface area contributed by atoms with Gasteiger partial charge in [-0.25, -0.2) is 0 Å². The summed E-state index contributed by atoms with van der Waals surface area (Å²) in [4.78, 5) is 14.2. The number of aliphatic hydroxyl groups is 1. The number of ether oxygens (including phenoxy) is 1. The zero-order valence-corrected chi connectivity index (χ0v) is 13.1. The average Bonchev–Trinajstić information content (AvgIpc) is 3.15.